The second-order valence-corrected chi connectivity index (χ2v) is 9.44. The van der Waals surface area contributed by atoms with E-state index in [0.717, 1.165) is 30.7 Å². The largest absolute Gasteiger partial charge is 0.495 e. The zero-order valence-electron chi connectivity index (χ0n) is 23.0. The second kappa shape index (κ2) is 13.1. The van der Waals surface area contributed by atoms with E-state index in [1.807, 2.05) is 37.9 Å². The van der Waals surface area contributed by atoms with Crippen LogP contribution in [0.15, 0.2) is 53.6 Å². The number of anilines is 1. The third-order valence-corrected chi connectivity index (χ3v) is 6.66. The Balaban J connectivity index is 1.84. The number of likely N-dealkylation sites (tertiary alicyclic amines) is 1. The third kappa shape index (κ3) is 6.74. The van der Waals surface area contributed by atoms with E-state index < -0.39 is 6.09 Å². The SMILES string of the molecule is C=C([C@H]1CCN(C(=O)COC)C1)N1C=CN=C(C)/C1=C(/N)c1ccc(NC(=O)O[C@@H](C)CCC)c(OC)c1. The molecule has 10 heteroatoms. The molecule has 2 atom stereocenters. The minimum absolute atomic E-state index is 0.0329. The summed E-state index contributed by atoms with van der Waals surface area (Å²) in [6.07, 6.45) is 5.32. The molecule has 0 saturated carbocycles. The Labute approximate surface area is 224 Å². The van der Waals surface area contributed by atoms with Crippen molar-refractivity contribution in [1.29, 1.82) is 0 Å². The van der Waals surface area contributed by atoms with Crippen molar-refractivity contribution in [1.82, 2.24) is 9.80 Å². The van der Waals surface area contributed by atoms with Crippen LogP contribution in [0.5, 0.6) is 5.75 Å². The third-order valence-electron chi connectivity index (χ3n) is 6.66. The van der Waals surface area contributed by atoms with Crippen molar-refractivity contribution in [3.63, 3.8) is 0 Å². The average molecular weight is 526 g/mol. The van der Waals surface area contributed by atoms with Gasteiger partial charge in [0.1, 0.15) is 18.5 Å². The zero-order chi connectivity index (χ0) is 27.8. The Hall–Kier alpha value is -3.79. The second-order valence-electron chi connectivity index (χ2n) is 9.44. The lowest BCUT2D eigenvalue weighted by molar-refractivity contribution is -0.134. The summed E-state index contributed by atoms with van der Waals surface area (Å²) in [4.78, 5) is 32.8. The van der Waals surface area contributed by atoms with Gasteiger partial charge in [-0.15, -0.1) is 0 Å². The molecule has 0 unspecified atom stereocenters. The Morgan fingerprint density at radius 2 is 2.08 bits per heavy atom. The van der Waals surface area contributed by atoms with Crippen molar-refractivity contribution in [2.45, 2.75) is 46.1 Å². The number of nitrogens with zero attached hydrogens (tertiary/aromatic N) is 3. The Kier molecular flexibility index (Phi) is 9.95. The van der Waals surface area contributed by atoms with Crippen molar-refractivity contribution < 1.29 is 23.8 Å². The number of carbonyl (C=O) groups is 2. The number of nitrogens with two attached hydrogens (primary N) is 1. The molecule has 1 fully saturated rings. The number of benzene rings is 1. The summed E-state index contributed by atoms with van der Waals surface area (Å²) in [5.74, 6) is 0.478. The van der Waals surface area contributed by atoms with Gasteiger partial charge in [0.2, 0.25) is 5.91 Å². The van der Waals surface area contributed by atoms with Gasteiger partial charge < -0.3 is 29.7 Å². The van der Waals surface area contributed by atoms with E-state index in [0.29, 0.717) is 41.5 Å². The summed E-state index contributed by atoms with van der Waals surface area (Å²) >= 11 is 0. The first-order valence-electron chi connectivity index (χ1n) is 12.8. The zero-order valence-corrected chi connectivity index (χ0v) is 23.0. The highest BCUT2D eigenvalue weighted by Crippen LogP contribution is 2.34. The van der Waals surface area contributed by atoms with Gasteiger partial charge in [-0.1, -0.05) is 26.0 Å². The first-order valence-corrected chi connectivity index (χ1v) is 12.8. The number of hydrogen-bond acceptors (Lipinski definition) is 8. The molecule has 0 aromatic heterocycles. The molecule has 1 aromatic rings. The van der Waals surface area contributed by atoms with Crippen LogP contribution in [-0.4, -0.2) is 67.5 Å². The summed E-state index contributed by atoms with van der Waals surface area (Å²) in [6, 6.07) is 5.30. The van der Waals surface area contributed by atoms with Crippen molar-refractivity contribution in [2.75, 3.05) is 39.2 Å². The number of hydrogen-bond donors (Lipinski definition) is 2. The van der Waals surface area contributed by atoms with Crippen LogP contribution in [0.25, 0.3) is 5.70 Å². The van der Waals surface area contributed by atoms with Crippen LogP contribution in [0.1, 0.15) is 45.6 Å². The summed E-state index contributed by atoms with van der Waals surface area (Å²) in [7, 11) is 3.04. The lowest BCUT2D eigenvalue weighted by Gasteiger charge is -2.32. The van der Waals surface area contributed by atoms with E-state index in [1.54, 1.807) is 23.2 Å². The number of aliphatic imine (C=N–C) groups is 1. The molecule has 0 spiro atoms. The molecule has 38 heavy (non-hydrogen) atoms. The Bertz CT molecular complexity index is 1140. The maximum absolute atomic E-state index is 12.3. The number of allylic oxidation sites excluding steroid dienone is 1. The van der Waals surface area contributed by atoms with Crippen molar-refractivity contribution in [3.8, 4) is 5.75 Å². The van der Waals surface area contributed by atoms with E-state index in [9.17, 15) is 9.59 Å². The first-order chi connectivity index (χ1) is 18.2. The predicted octanol–water partition coefficient (Wildman–Crippen LogP) is 4.32. The number of amides is 2. The molecule has 2 aliphatic rings. The predicted molar refractivity (Wildman–Crippen MR) is 148 cm³/mol. The lowest BCUT2D eigenvalue weighted by Crippen LogP contribution is -2.33. The highest BCUT2D eigenvalue weighted by atomic mass is 16.6. The van der Waals surface area contributed by atoms with E-state index in [-0.39, 0.29) is 24.5 Å². The number of ether oxygens (including phenoxy) is 3. The monoisotopic (exact) mass is 525 g/mol. The molecule has 1 aromatic carbocycles. The van der Waals surface area contributed by atoms with E-state index in [1.165, 1.54) is 14.2 Å². The normalized spacial score (nSPS) is 19.1. The van der Waals surface area contributed by atoms with E-state index in [4.69, 9.17) is 19.9 Å². The van der Waals surface area contributed by atoms with Crippen molar-refractivity contribution in [2.24, 2.45) is 16.6 Å². The van der Waals surface area contributed by atoms with E-state index >= 15 is 0 Å². The highest BCUT2D eigenvalue weighted by Gasteiger charge is 2.32. The van der Waals surface area contributed by atoms with E-state index in [2.05, 4.69) is 16.9 Å². The van der Waals surface area contributed by atoms with Crippen LogP contribution < -0.4 is 15.8 Å². The average Bonchev–Trinajstić information content (AvgIpc) is 3.39. The summed E-state index contributed by atoms with van der Waals surface area (Å²) in [6.45, 7) is 11.4. The number of nitrogens with one attached hydrogen (secondary N) is 1. The van der Waals surface area contributed by atoms with Gasteiger partial charge in [-0.05, 0) is 38.8 Å². The van der Waals surface area contributed by atoms with Crippen LogP contribution in [0, 0.1) is 5.92 Å². The molecule has 0 radical (unpaired) electrons. The maximum Gasteiger partial charge on any atom is 0.412 e. The van der Waals surface area contributed by atoms with Gasteiger partial charge in [0.05, 0.1) is 29.9 Å². The summed E-state index contributed by atoms with van der Waals surface area (Å²) < 4.78 is 15.9. The standard InChI is InChI=1S/C28H39N5O5/c1-7-8-18(2)38-28(35)31-23-10-9-21(15-24(23)37-6)26(29)27-19(3)30-12-14-33(27)20(4)22-11-13-32(16-22)25(34)17-36-5/h9-10,12,14-15,18,22H,4,7-8,11,13,16-17,29H2,1-3,5-6H3,(H,31,35)/b27-26-/t18-,22-/m0/s1. The smallest absolute Gasteiger partial charge is 0.412 e. The van der Waals surface area contributed by atoms with Gasteiger partial charge in [0, 0.05) is 49.8 Å². The van der Waals surface area contributed by atoms with Gasteiger partial charge >= 0.3 is 6.09 Å². The van der Waals surface area contributed by atoms with Crippen LogP contribution in [-0.2, 0) is 14.3 Å². The van der Waals surface area contributed by atoms with Crippen molar-refractivity contribution in [3.05, 3.63) is 54.1 Å². The van der Waals surface area contributed by atoms with Gasteiger partial charge in [-0.3, -0.25) is 15.1 Å². The molecule has 0 bridgehead atoms. The number of carbonyl (C=O) groups excluding carboxylic acids is 2. The molecular weight excluding hydrogens is 486 g/mol. The van der Waals surface area contributed by atoms with Gasteiger partial charge in [-0.2, -0.15) is 0 Å². The summed E-state index contributed by atoms with van der Waals surface area (Å²) in [5, 5.41) is 2.75. The molecule has 2 amide bonds. The molecule has 1 saturated heterocycles. The Morgan fingerprint density at radius 3 is 2.76 bits per heavy atom. The van der Waals surface area contributed by atoms with Gasteiger partial charge in [0.15, 0.2) is 0 Å². The maximum atomic E-state index is 12.3. The lowest BCUT2D eigenvalue weighted by atomic mass is 10.0. The van der Waals surface area contributed by atoms with Crippen LogP contribution >= 0.6 is 0 Å². The molecular formula is C28H39N5O5. The molecule has 2 heterocycles. The van der Waals surface area contributed by atoms with Crippen molar-refractivity contribution >= 4 is 29.1 Å². The van der Waals surface area contributed by atoms with Crippen LogP contribution in [0.2, 0.25) is 0 Å². The minimum Gasteiger partial charge on any atom is -0.495 e. The highest BCUT2D eigenvalue weighted by molar-refractivity contribution is 6.05. The fourth-order valence-corrected chi connectivity index (χ4v) is 4.64. The Morgan fingerprint density at radius 1 is 1.32 bits per heavy atom. The molecule has 2 aliphatic heterocycles. The number of rotatable bonds is 10. The first kappa shape index (κ1) is 28.8. The minimum atomic E-state index is -0.541. The fraction of sp³-hybridized carbons (Fsp3) is 0.464. The molecule has 3 rings (SSSR count). The van der Waals surface area contributed by atoms with Gasteiger partial charge in [0.25, 0.3) is 0 Å². The quantitative estimate of drug-likeness (QED) is 0.467. The number of methoxy groups -OCH3 is 2. The van der Waals surface area contributed by atoms with Gasteiger partial charge in [-0.25, -0.2) is 4.79 Å². The molecule has 3 N–H and O–H groups in total. The molecule has 0 aliphatic carbocycles. The van der Waals surface area contributed by atoms with Crippen LogP contribution in [0.3, 0.4) is 0 Å². The molecule has 10 nitrogen and oxygen atoms in total. The molecule has 206 valence electrons. The summed E-state index contributed by atoms with van der Waals surface area (Å²) in [5.41, 5.74) is 10.6. The fourth-order valence-electron chi connectivity index (χ4n) is 4.64. The van der Waals surface area contributed by atoms with Crippen LogP contribution in [0.4, 0.5) is 10.5 Å². The topological polar surface area (TPSA) is 119 Å².